The van der Waals surface area contributed by atoms with E-state index in [9.17, 15) is 9.90 Å². The number of aromatic nitrogens is 2. The summed E-state index contributed by atoms with van der Waals surface area (Å²) in [5, 5.41) is 12.4. The molecule has 27 heavy (non-hydrogen) atoms. The van der Waals surface area contributed by atoms with Crippen LogP contribution in [0.2, 0.25) is 0 Å². The number of carbonyl (C=O) groups excluding carboxylic acids is 1. The van der Waals surface area contributed by atoms with E-state index < -0.39 is 0 Å². The van der Waals surface area contributed by atoms with E-state index in [0.717, 1.165) is 41.9 Å². The van der Waals surface area contributed by atoms with Crippen LogP contribution < -0.4 is 5.32 Å². The zero-order chi connectivity index (χ0) is 18.6. The number of imidazole rings is 1. The molecule has 1 aromatic heterocycles. The number of carbonyl (C=O) groups is 1. The van der Waals surface area contributed by atoms with Gasteiger partial charge in [0.15, 0.2) is 0 Å². The summed E-state index contributed by atoms with van der Waals surface area (Å²) in [5.74, 6) is 0.635. The van der Waals surface area contributed by atoms with Crippen LogP contribution in [0.15, 0.2) is 48.5 Å². The molecule has 1 atom stereocenters. The minimum Gasteiger partial charge on any atom is -0.395 e. The van der Waals surface area contributed by atoms with Crippen molar-refractivity contribution in [3.8, 4) is 11.4 Å². The number of hydrogen-bond acceptors (Lipinski definition) is 4. The molecule has 6 nitrogen and oxygen atoms in total. The highest BCUT2D eigenvalue weighted by molar-refractivity contribution is 5.95. The number of nitrogens with one attached hydrogen (secondary N) is 1. The van der Waals surface area contributed by atoms with Crippen molar-refractivity contribution in [1.82, 2.24) is 14.9 Å². The molecule has 0 aliphatic carbocycles. The van der Waals surface area contributed by atoms with Crippen molar-refractivity contribution in [3.05, 3.63) is 54.1 Å². The van der Waals surface area contributed by atoms with Crippen LogP contribution in [0.3, 0.4) is 0 Å². The fourth-order valence-corrected chi connectivity index (χ4v) is 3.54. The number of nitrogens with zero attached hydrogens (tertiary/aromatic N) is 2. The first-order chi connectivity index (χ1) is 13.3. The molecular formula is C21H23N3O3. The van der Waals surface area contributed by atoms with Crippen LogP contribution in [0.5, 0.6) is 0 Å². The van der Waals surface area contributed by atoms with E-state index in [0.29, 0.717) is 18.7 Å². The Morgan fingerprint density at radius 1 is 1.26 bits per heavy atom. The minimum absolute atomic E-state index is 0.0227. The molecule has 0 unspecified atom stereocenters. The van der Waals surface area contributed by atoms with Crippen molar-refractivity contribution in [2.75, 3.05) is 19.8 Å². The second kappa shape index (κ2) is 7.90. The highest BCUT2D eigenvalue weighted by Gasteiger charge is 2.18. The molecule has 2 N–H and O–H groups in total. The van der Waals surface area contributed by atoms with Crippen LogP contribution in [0.4, 0.5) is 0 Å². The first kappa shape index (κ1) is 17.7. The van der Waals surface area contributed by atoms with Crippen LogP contribution >= 0.6 is 0 Å². The molecule has 1 aliphatic heterocycles. The van der Waals surface area contributed by atoms with Gasteiger partial charge < -0.3 is 19.7 Å². The topological polar surface area (TPSA) is 76.4 Å². The lowest BCUT2D eigenvalue weighted by Gasteiger charge is -2.12. The van der Waals surface area contributed by atoms with Crippen molar-refractivity contribution >= 4 is 16.9 Å². The molecule has 3 aromatic rings. The number of rotatable bonds is 6. The molecule has 4 rings (SSSR count). The fourth-order valence-electron chi connectivity index (χ4n) is 3.54. The Hall–Kier alpha value is -2.70. The van der Waals surface area contributed by atoms with Crippen molar-refractivity contribution in [2.24, 2.45) is 0 Å². The van der Waals surface area contributed by atoms with E-state index in [4.69, 9.17) is 9.72 Å². The normalized spacial score (nSPS) is 16.7. The van der Waals surface area contributed by atoms with E-state index in [1.807, 2.05) is 47.0 Å². The predicted octanol–water partition coefficient (Wildman–Crippen LogP) is 2.60. The van der Waals surface area contributed by atoms with Crippen molar-refractivity contribution < 1.29 is 14.6 Å². The number of amides is 1. The minimum atomic E-state index is -0.114. The molecule has 140 valence electrons. The van der Waals surface area contributed by atoms with Gasteiger partial charge in [-0.15, -0.1) is 0 Å². The smallest absolute Gasteiger partial charge is 0.251 e. The third-order valence-electron chi connectivity index (χ3n) is 4.88. The summed E-state index contributed by atoms with van der Waals surface area (Å²) in [6.45, 7) is 1.78. The quantitative estimate of drug-likeness (QED) is 0.704. The summed E-state index contributed by atoms with van der Waals surface area (Å²) < 4.78 is 7.54. The Morgan fingerprint density at radius 3 is 2.96 bits per heavy atom. The number of aliphatic hydroxyl groups excluding tert-OH is 1. The molecule has 0 radical (unpaired) electrons. The van der Waals surface area contributed by atoms with Crippen LogP contribution in [-0.4, -0.2) is 46.4 Å². The first-order valence-electron chi connectivity index (χ1n) is 9.32. The lowest BCUT2D eigenvalue weighted by Crippen LogP contribution is -2.31. The zero-order valence-electron chi connectivity index (χ0n) is 15.1. The molecule has 1 amide bonds. The Kier molecular flexibility index (Phi) is 5.18. The highest BCUT2D eigenvalue weighted by Crippen LogP contribution is 2.25. The molecule has 0 bridgehead atoms. The standard InChI is InChI=1S/C21H23N3O3/c25-11-10-24-19-9-2-1-8-18(19)23-20(24)15-5-3-6-16(13-15)21(26)22-14-17-7-4-12-27-17/h1-3,5-6,8-9,13,17,25H,4,7,10-12,14H2,(H,22,26)/t17-/m0/s1. The summed E-state index contributed by atoms with van der Waals surface area (Å²) >= 11 is 0. The van der Waals surface area contributed by atoms with Gasteiger partial charge in [0.05, 0.1) is 23.7 Å². The SMILES string of the molecule is O=C(NC[C@@H]1CCCO1)c1cccc(-c2nc3ccccc3n2CCO)c1. The van der Waals surface area contributed by atoms with E-state index in [2.05, 4.69) is 5.32 Å². The molecule has 1 aliphatic rings. The molecule has 1 saturated heterocycles. The zero-order valence-corrected chi connectivity index (χ0v) is 15.1. The van der Waals surface area contributed by atoms with Crippen LogP contribution in [0.1, 0.15) is 23.2 Å². The summed E-state index contributed by atoms with van der Waals surface area (Å²) in [4.78, 5) is 17.2. The van der Waals surface area contributed by atoms with Gasteiger partial charge in [-0.05, 0) is 37.1 Å². The Bertz CT molecular complexity index is 945. The molecule has 1 fully saturated rings. The maximum absolute atomic E-state index is 12.5. The molecule has 0 spiro atoms. The van der Waals surface area contributed by atoms with Crippen molar-refractivity contribution in [1.29, 1.82) is 0 Å². The molecule has 2 heterocycles. The van der Waals surface area contributed by atoms with E-state index in [1.165, 1.54) is 0 Å². The second-order valence-electron chi connectivity index (χ2n) is 6.73. The van der Waals surface area contributed by atoms with Gasteiger partial charge in [0, 0.05) is 30.8 Å². The lowest BCUT2D eigenvalue weighted by molar-refractivity contribution is 0.0858. The van der Waals surface area contributed by atoms with E-state index in [-0.39, 0.29) is 18.6 Å². The Balaban J connectivity index is 1.61. The van der Waals surface area contributed by atoms with Gasteiger partial charge in [0.1, 0.15) is 5.82 Å². The Labute approximate surface area is 157 Å². The second-order valence-corrected chi connectivity index (χ2v) is 6.73. The summed E-state index contributed by atoms with van der Waals surface area (Å²) in [5.41, 5.74) is 3.28. The summed E-state index contributed by atoms with van der Waals surface area (Å²) in [7, 11) is 0. The van der Waals surface area contributed by atoms with Crippen LogP contribution in [-0.2, 0) is 11.3 Å². The van der Waals surface area contributed by atoms with Gasteiger partial charge in [-0.1, -0.05) is 24.3 Å². The maximum Gasteiger partial charge on any atom is 0.251 e. The number of hydrogen-bond donors (Lipinski definition) is 2. The fraction of sp³-hybridized carbons (Fsp3) is 0.333. The third kappa shape index (κ3) is 3.72. The van der Waals surface area contributed by atoms with Gasteiger partial charge in [0.25, 0.3) is 5.91 Å². The largest absolute Gasteiger partial charge is 0.395 e. The molecule has 2 aromatic carbocycles. The van der Waals surface area contributed by atoms with Gasteiger partial charge in [-0.3, -0.25) is 4.79 Å². The number of ether oxygens (including phenoxy) is 1. The van der Waals surface area contributed by atoms with Gasteiger partial charge in [-0.2, -0.15) is 0 Å². The lowest BCUT2D eigenvalue weighted by atomic mass is 10.1. The number of para-hydroxylation sites is 2. The average molecular weight is 365 g/mol. The molecule has 6 heteroatoms. The third-order valence-corrected chi connectivity index (χ3v) is 4.88. The monoisotopic (exact) mass is 365 g/mol. The highest BCUT2D eigenvalue weighted by atomic mass is 16.5. The molecule has 0 saturated carbocycles. The Morgan fingerprint density at radius 2 is 2.15 bits per heavy atom. The average Bonchev–Trinajstić information content (AvgIpc) is 3.35. The predicted molar refractivity (Wildman–Crippen MR) is 104 cm³/mol. The first-order valence-corrected chi connectivity index (χ1v) is 9.32. The van der Waals surface area contributed by atoms with E-state index in [1.54, 1.807) is 6.07 Å². The van der Waals surface area contributed by atoms with Gasteiger partial charge in [0.2, 0.25) is 0 Å². The van der Waals surface area contributed by atoms with Crippen molar-refractivity contribution in [2.45, 2.75) is 25.5 Å². The van der Waals surface area contributed by atoms with Gasteiger partial charge >= 0.3 is 0 Å². The van der Waals surface area contributed by atoms with Crippen molar-refractivity contribution in [3.63, 3.8) is 0 Å². The maximum atomic E-state index is 12.5. The van der Waals surface area contributed by atoms with Crippen LogP contribution in [0, 0.1) is 0 Å². The van der Waals surface area contributed by atoms with Crippen LogP contribution in [0.25, 0.3) is 22.4 Å². The summed E-state index contributed by atoms with van der Waals surface area (Å²) in [6, 6.07) is 15.3. The number of aliphatic hydroxyl groups is 1. The number of fused-ring (bicyclic) bond motifs is 1. The van der Waals surface area contributed by atoms with Gasteiger partial charge in [-0.25, -0.2) is 4.98 Å². The summed E-state index contributed by atoms with van der Waals surface area (Å²) in [6.07, 6.45) is 2.16. The number of benzene rings is 2. The molecular weight excluding hydrogens is 342 g/mol. The van der Waals surface area contributed by atoms with E-state index >= 15 is 0 Å².